The molecule has 2 rings (SSSR count). The smallest absolute Gasteiger partial charge is 0.408 e. The number of hydrogen-bond acceptors (Lipinski definition) is 5. The molecule has 0 spiro atoms. The summed E-state index contributed by atoms with van der Waals surface area (Å²) < 4.78 is 5.19. The van der Waals surface area contributed by atoms with E-state index in [0.717, 1.165) is 17.3 Å². The van der Waals surface area contributed by atoms with Gasteiger partial charge in [-0.1, -0.05) is 74.5 Å². The number of carboxylic acid groups (broad SMARTS) is 1. The number of benzene rings is 2. The molecule has 2 aromatic rings. The van der Waals surface area contributed by atoms with Gasteiger partial charge in [0.05, 0.1) is 0 Å². The number of carbonyl (C=O) groups is 4. The van der Waals surface area contributed by atoms with Gasteiger partial charge in [0, 0.05) is 6.42 Å². The van der Waals surface area contributed by atoms with Crippen molar-refractivity contribution in [2.24, 2.45) is 5.92 Å². The number of carboxylic acids is 1. The molecule has 0 heterocycles. The summed E-state index contributed by atoms with van der Waals surface area (Å²) in [5, 5.41) is 14.6. The van der Waals surface area contributed by atoms with Crippen molar-refractivity contribution in [1.29, 1.82) is 0 Å². The van der Waals surface area contributed by atoms with E-state index < -0.39 is 30.1 Å². The fourth-order valence-electron chi connectivity index (χ4n) is 2.96. The predicted molar refractivity (Wildman–Crippen MR) is 128 cm³/mol. The van der Waals surface area contributed by atoms with E-state index in [1.54, 1.807) is 12.1 Å². The van der Waals surface area contributed by atoms with E-state index in [0.29, 0.717) is 12.7 Å². The Morgan fingerprint density at radius 3 is 2.00 bits per heavy atom. The molecule has 0 aromatic heterocycles. The van der Waals surface area contributed by atoms with Crippen LogP contribution in [-0.2, 0) is 32.1 Å². The molecule has 0 saturated heterocycles. The summed E-state index contributed by atoms with van der Waals surface area (Å²) in [6.07, 6.45) is 0.910. The summed E-state index contributed by atoms with van der Waals surface area (Å²) in [5.74, 6) is -1.58. The Morgan fingerprint density at radius 2 is 1.54 bits per heavy atom. The highest BCUT2D eigenvalue weighted by Gasteiger charge is 2.27. The minimum absolute atomic E-state index is 0.0778. The summed E-state index contributed by atoms with van der Waals surface area (Å²) in [4.78, 5) is 48.0. The third-order valence-corrected chi connectivity index (χ3v) is 4.55. The van der Waals surface area contributed by atoms with Crippen LogP contribution in [-0.4, -0.2) is 52.5 Å². The number of carbonyl (C=O) groups excluding carboxylic acids is 3. The standard InChI is InChI=1S/C23H28N2O5.C2H2N2O/c1-16(2)13-19(25-23(29)30-15-18-11-7-4-8-12-18)21(26)24-20(22(27)28)14-17-9-5-3-6-10-17;3-4-1-2-5/h3-12,16,19-20H,13-15H2,1-2H3,(H,24,26)(H,25,29)(H,27,28);1-2H/t19-,20-;/m0./s1. The van der Waals surface area contributed by atoms with Gasteiger partial charge in [-0.3, -0.25) is 9.59 Å². The lowest BCUT2D eigenvalue weighted by Gasteiger charge is -2.22. The molecule has 0 fully saturated rings. The first-order valence-electron chi connectivity index (χ1n) is 10.9. The number of hydrogen-bond donors (Lipinski definition) is 3. The molecule has 0 aliphatic carbocycles. The van der Waals surface area contributed by atoms with Crippen molar-refractivity contribution in [1.82, 2.24) is 10.6 Å². The number of rotatable bonds is 11. The van der Waals surface area contributed by atoms with Gasteiger partial charge in [-0.25, -0.2) is 9.59 Å². The van der Waals surface area contributed by atoms with Crippen LogP contribution in [0, 0.1) is 5.92 Å². The van der Waals surface area contributed by atoms with Crippen molar-refractivity contribution < 1.29 is 33.8 Å². The van der Waals surface area contributed by atoms with Crippen molar-refractivity contribution in [2.75, 3.05) is 0 Å². The maximum absolute atomic E-state index is 12.7. The van der Waals surface area contributed by atoms with Crippen molar-refractivity contribution >= 4 is 30.5 Å². The number of alkyl carbamates (subject to hydrolysis) is 1. The Kier molecular flexibility index (Phi) is 13.4. The zero-order valence-corrected chi connectivity index (χ0v) is 19.7. The molecule has 0 saturated carbocycles. The lowest BCUT2D eigenvalue weighted by Crippen LogP contribution is -2.52. The summed E-state index contributed by atoms with van der Waals surface area (Å²) in [7, 11) is 0. The maximum Gasteiger partial charge on any atom is 0.408 e. The van der Waals surface area contributed by atoms with Gasteiger partial charge in [0.2, 0.25) is 12.2 Å². The molecular formula is C25H30N4O6. The molecule has 10 heteroatoms. The summed E-state index contributed by atoms with van der Waals surface area (Å²) >= 11 is 0. The molecule has 186 valence electrons. The Morgan fingerprint density at radius 1 is 0.971 bits per heavy atom. The third kappa shape index (κ3) is 12.5. The number of nitrogens with zero attached hydrogens (tertiary/aromatic N) is 2. The number of aliphatic carboxylic acids is 1. The predicted octanol–water partition coefficient (Wildman–Crippen LogP) is 2.63. The molecule has 0 radical (unpaired) electrons. The Balaban J connectivity index is 0.00000111. The topological polar surface area (TPSA) is 158 Å². The third-order valence-electron chi connectivity index (χ3n) is 4.55. The van der Waals surface area contributed by atoms with Crippen LogP contribution in [0.4, 0.5) is 4.79 Å². The largest absolute Gasteiger partial charge is 0.480 e. The van der Waals surface area contributed by atoms with E-state index in [9.17, 15) is 19.5 Å². The lowest BCUT2D eigenvalue weighted by atomic mass is 10.0. The van der Waals surface area contributed by atoms with E-state index in [1.165, 1.54) is 0 Å². The van der Waals surface area contributed by atoms with Gasteiger partial charge in [-0.2, -0.15) is 4.79 Å². The van der Waals surface area contributed by atoms with E-state index in [4.69, 9.17) is 15.1 Å². The molecule has 0 unspecified atom stereocenters. The van der Waals surface area contributed by atoms with Crippen molar-refractivity contribution in [3.8, 4) is 0 Å². The molecule has 3 N–H and O–H groups in total. The fourth-order valence-corrected chi connectivity index (χ4v) is 2.96. The molecule has 35 heavy (non-hydrogen) atoms. The second-order valence-corrected chi connectivity index (χ2v) is 7.88. The zero-order valence-electron chi connectivity index (χ0n) is 19.7. The first kappa shape index (κ1) is 28.7. The van der Waals surface area contributed by atoms with Crippen LogP contribution in [0.15, 0.2) is 60.7 Å². The zero-order chi connectivity index (χ0) is 26.1. The highest BCUT2D eigenvalue weighted by Crippen LogP contribution is 2.09. The van der Waals surface area contributed by atoms with Gasteiger partial charge >= 0.3 is 18.3 Å². The van der Waals surface area contributed by atoms with Crippen molar-refractivity contribution in [3.63, 3.8) is 0 Å². The van der Waals surface area contributed by atoms with E-state index >= 15 is 0 Å². The molecule has 0 aliphatic rings. The van der Waals surface area contributed by atoms with Gasteiger partial charge in [0.25, 0.3) is 0 Å². The number of nitrogens with one attached hydrogen (secondary N) is 2. The van der Waals surface area contributed by atoms with E-state index in [-0.39, 0.29) is 18.9 Å². The van der Waals surface area contributed by atoms with Crippen molar-refractivity contribution in [2.45, 2.75) is 45.4 Å². The van der Waals surface area contributed by atoms with Crippen LogP contribution in [0.1, 0.15) is 31.4 Å². The Hall–Kier alpha value is -4.30. The van der Waals surface area contributed by atoms with Crippen LogP contribution >= 0.6 is 0 Å². The second kappa shape index (κ2) is 16.3. The maximum atomic E-state index is 12.7. The normalized spacial score (nSPS) is 11.5. The van der Waals surface area contributed by atoms with Crippen LogP contribution in [0.5, 0.6) is 0 Å². The summed E-state index contributed by atoms with van der Waals surface area (Å²) in [6.45, 7) is 3.90. The first-order valence-corrected chi connectivity index (χ1v) is 10.9. The van der Waals surface area contributed by atoms with Crippen LogP contribution in [0.25, 0.3) is 5.53 Å². The highest BCUT2D eigenvalue weighted by molar-refractivity contribution is 6.09. The van der Waals surface area contributed by atoms with Crippen molar-refractivity contribution in [3.05, 3.63) is 77.3 Å². The van der Waals surface area contributed by atoms with Gasteiger partial charge in [0.15, 0.2) is 0 Å². The van der Waals surface area contributed by atoms with Gasteiger partial charge in [-0.15, -0.1) is 0 Å². The Labute approximate surface area is 203 Å². The molecule has 2 aromatic carbocycles. The Bertz CT molecular complexity index is 992. The molecule has 10 nitrogen and oxygen atoms in total. The van der Waals surface area contributed by atoms with Crippen LogP contribution in [0.2, 0.25) is 0 Å². The fraction of sp³-hybridized carbons (Fsp3) is 0.320. The molecule has 0 aliphatic heterocycles. The highest BCUT2D eigenvalue weighted by atomic mass is 16.5. The summed E-state index contributed by atoms with van der Waals surface area (Å²) in [6, 6.07) is 16.2. The minimum Gasteiger partial charge on any atom is -0.480 e. The van der Waals surface area contributed by atoms with E-state index in [2.05, 4.69) is 15.4 Å². The monoisotopic (exact) mass is 482 g/mol. The summed E-state index contributed by atoms with van der Waals surface area (Å²) in [5.41, 5.74) is 9.02. The molecule has 0 bridgehead atoms. The van der Waals surface area contributed by atoms with E-state index in [1.807, 2.05) is 62.4 Å². The molecular weight excluding hydrogens is 452 g/mol. The number of amides is 2. The average Bonchev–Trinajstić information content (AvgIpc) is 2.84. The quantitative estimate of drug-likeness (QED) is 0.193. The minimum atomic E-state index is -1.14. The second-order valence-electron chi connectivity index (χ2n) is 7.88. The van der Waals surface area contributed by atoms with Gasteiger partial charge in [0.1, 0.15) is 18.7 Å². The number of ether oxygens (including phenoxy) is 1. The number of aldehydes is 1. The van der Waals surface area contributed by atoms with Crippen LogP contribution in [0.3, 0.4) is 0 Å². The lowest BCUT2D eigenvalue weighted by molar-refractivity contribution is -0.142. The molecule has 2 atom stereocenters. The van der Waals surface area contributed by atoms with Crippen LogP contribution < -0.4 is 10.6 Å². The average molecular weight is 483 g/mol. The SMILES string of the molecule is CC(C)C[C@H](NC(=O)OCc1ccccc1)C(=O)N[C@@H](Cc1ccccc1)C(=O)O.[N-]=[N+]=CC=O. The first-order chi connectivity index (χ1) is 16.8. The molecule has 2 amide bonds. The van der Waals surface area contributed by atoms with Gasteiger partial charge < -0.3 is 26.0 Å². The van der Waals surface area contributed by atoms with Gasteiger partial charge in [-0.05, 0) is 23.5 Å².